The van der Waals surface area contributed by atoms with Gasteiger partial charge in [0.05, 0.1) is 5.54 Å². The molecular weight excluding hydrogens is 268 g/mol. The molecule has 0 heterocycles. The predicted octanol–water partition coefficient (Wildman–Crippen LogP) is 3.03. The first-order valence-corrected chi connectivity index (χ1v) is 8.06. The number of hydrogen-bond donors (Lipinski definition) is 2. The number of aryl methyl sites for hydroxylation is 2. The number of nitrogens with one attached hydrogen (secondary N) is 1. The van der Waals surface area contributed by atoms with Crippen LogP contribution in [-0.4, -0.2) is 24.2 Å². The van der Waals surface area contributed by atoms with Crippen molar-refractivity contribution in [2.45, 2.75) is 50.5 Å². The summed E-state index contributed by atoms with van der Waals surface area (Å²) in [4.78, 5) is 12.7. The zero-order valence-electron chi connectivity index (χ0n) is 13.0. The molecule has 1 aromatic rings. The molecule has 0 bridgehead atoms. The lowest BCUT2D eigenvalue weighted by molar-refractivity contribution is -0.123. The van der Waals surface area contributed by atoms with Gasteiger partial charge in [0.2, 0.25) is 5.91 Å². The van der Waals surface area contributed by atoms with E-state index in [2.05, 4.69) is 37.4 Å². The standard InChI is InChI=1S/C16H26N2OS/c1-12-7-8-14(11-13(12)2)20-10-6-5-9-16(3,18-4)15(17)19/h7-8,11,18H,5-6,9-10H2,1-4H3,(H2,17,19). The summed E-state index contributed by atoms with van der Waals surface area (Å²) in [5.74, 6) is 0.794. The van der Waals surface area contributed by atoms with Crippen molar-refractivity contribution in [1.82, 2.24) is 5.32 Å². The van der Waals surface area contributed by atoms with Crippen LogP contribution >= 0.6 is 11.8 Å². The van der Waals surface area contributed by atoms with Gasteiger partial charge >= 0.3 is 0 Å². The number of primary amides is 1. The van der Waals surface area contributed by atoms with Crippen LogP contribution in [0.3, 0.4) is 0 Å². The average molecular weight is 294 g/mol. The van der Waals surface area contributed by atoms with Gasteiger partial charge in [-0.05, 0) is 69.7 Å². The Labute approximate surface area is 126 Å². The molecule has 0 saturated heterocycles. The Hall–Kier alpha value is -1.00. The second-order valence-corrected chi connectivity index (χ2v) is 6.67. The average Bonchev–Trinajstić information content (AvgIpc) is 2.41. The third kappa shape index (κ3) is 4.84. The monoisotopic (exact) mass is 294 g/mol. The zero-order valence-corrected chi connectivity index (χ0v) is 13.8. The van der Waals surface area contributed by atoms with Crippen LogP contribution in [0.1, 0.15) is 37.3 Å². The zero-order chi connectivity index (χ0) is 15.2. The summed E-state index contributed by atoms with van der Waals surface area (Å²) in [5.41, 5.74) is 7.51. The molecular formula is C16H26N2OS. The van der Waals surface area contributed by atoms with Gasteiger partial charge in [-0.1, -0.05) is 12.5 Å². The molecule has 0 aliphatic rings. The molecule has 0 spiro atoms. The molecule has 0 aliphatic heterocycles. The molecule has 0 saturated carbocycles. The maximum atomic E-state index is 11.4. The van der Waals surface area contributed by atoms with Gasteiger partial charge in [0.15, 0.2) is 0 Å². The van der Waals surface area contributed by atoms with E-state index in [1.807, 2.05) is 18.7 Å². The molecule has 1 unspecified atom stereocenters. The lowest BCUT2D eigenvalue weighted by Gasteiger charge is -2.25. The molecule has 0 fully saturated rings. The largest absolute Gasteiger partial charge is 0.368 e. The topological polar surface area (TPSA) is 55.1 Å². The summed E-state index contributed by atoms with van der Waals surface area (Å²) in [6.45, 7) is 6.14. The lowest BCUT2D eigenvalue weighted by Crippen LogP contribution is -2.51. The Morgan fingerprint density at radius 1 is 1.30 bits per heavy atom. The van der Waals surface area contributed by atoms with Gasteiger partial charge in [0.25, 0.3) is 0 Å². The summed E-state index contributed by atoms with van der Waals surface area (Å²) in [6.07, 6.45) is 2.87. The van der Waals surface area contributed by atoms with E-state index in [1.54, 1.807) is 7.05 Å². The van der Waals surface area contributed by atoms with Crippen LogP contribution in [0.4, 0.5) is 0 Å². The SMILES string of the molecule is CNC(C)(CCCCSc1ccc(C)c(C)c1)C(N)=O. The van der Waals surface area contributed by atoms with Crippen molar-refractivity contribution in [3.05, 3.63) is 29.3 Å². The van der Waals surface area contributed by atoms with Crippen LogP contribution in [-0.2, 0) is 4.79 Å². The van der Waals surface area contributed by atoms with E-state index in [9.17, 15) is 4.79 Å². The number of unbranched alkanes of at least 4 members (excludes halogenated alkanes) is 1. The van der Waals surface area contributed by atoms with Crippen molar-refractivity contribution in [2.75, 3.05) is 12.8 Å². The molecule has 3 N–H and O–H groups in total. The molecule has 1 amide bonds. The fraction of sp³-hybridized carbons (Fsp3) is 0.562. The fourth-order valence-corrected chi connectivity index (χ4v) is 2.95. The smallest absolute Gasteiger partial charge is 0.237 e. The van der Waals surface area contributed by atoms with Crippen LogP contribution in [0.2, 0.25) is 0 Å². The molecule has 112 valence electrons. The van der Waals surface area contributed by atoms with Gasteiger partial charge in [-0.2, -0.15) is 0 Å². The summed E-state index contributed by atoms with van der Waals surface area (Å²) in [7, 11) is 1.79. The van der Waals surface area contributed by atoms with Crippen LogP contribution in [0, 0.1) is 13.8 Å². The first-order chi connectivity index (χ1) is 9.39. The Balaban J connectivity index is 2.31. The molecule has 1 atom stereocenters. The van der Waals surface area contributed by atoms with Gasteiger partial charge in [0.1, 0.15) is 0 Å². The Morgan fingerprint density at radius 3 is 2.55 bits per heavy atom. The highest BCUT2D eigenvalue weighted by atomic mass is 32.2. The molecule has 1 rings (SSSR count). The highest BCUT2D eigenvalue weighted by molar-refractivity contribution is 7.99. The van der Waals surface area contributed by atoms with Crippen LogP contribution in [0.5, 0.6) is 0 Å². The number of benzene rings is 1. The Morgan fingerprint density at radius 2 is 2.00 bits per heavy atom. The first-order valence-electron chi connectivity index (χ1n) is 7.08. The van der Waals surface area contributed by atoms with E-state index >= 15 is 0 Å². The highest BCUT2D eigenvalue weighted by Gasteiger charge is 2.27. The number of likely N-dealkylation sites (N-methyl/N-ethyl adjacent to an activating group) is 1. The number of carbonyl (C=O) groups is 1. The van der Waals surface area contributed by atoms with E-state index < -0.39 is 5.54 Å². The number of thioether (sulfide) groups is 1. The number of rotatable bonds is 8. The van der Waals surface area contributed by atoms with Crippen LogP contribution < -0.4 is 11.1 Å². The van der Waals surface area contributed by atoms with Crippen molar-refractivity contribution < 1.29 is 4.79 Å². The number of nitrogens with two attached hydrogens (primary N) is 1. The summed E-state index contributed by atoms with van der Waals surface area (Å²) in [5, 5.41) is 3.02. The second-order valence-electron chi connectivity index (χ2n) is 5.50. The van der Waals surface area contributed by atoms with Gasteiger partial charge in [0, 0.05) is 4.90 Å². The van der Waals surface area contributed by atoms with E-state index in [4.69, 9.17) is 5.73 Å². The molecule has 4 heteroatoms. The number of amides is 1. The van der Waals surface area contributed by atoms with Gasteiger partial charge in [-0.3, -0.25) is 4.79 Å². The summed E-state index contributed by atoms with van der Waals surface area (Å²) >= 11 is 1.87. The summed E-state index contributed by atoms with van der Waals surface area (Å²) in [6, 6.07) is 6.58. The van der Waals surface area contributed by atoms with Crippen LogP contribution in [0.25, 0.3) is 0 Å². The van der Waals surface area contributed by atoms with Crippen molar-refractivity contribution in [3.8, 4) is 0 Å². The van der Waals surface area contributed by atoms with Gasteiger partial charge in [-0.15, -0.1) is 11.8 Å². The summed E-state index contributed by atoms with van der Waals surface area (Å²) < 4.78 is 0. The maximum absolute atomic E-state index is 11.4. The van der Waals surface area contributed by atoms with Crippen molar-refractivity contribution in [1.29, 1.82) is 0 Å². The maximum Gasteiger partial charge on any atom is 0.237 e. The van der Waals surface area contributed by atoms with Crippen LogP contribution in [0.15, 0.2) is 23.1 Å². The molecule has 20 heavy (non-hydrogen) atoms. The third-order valence-electron chi connectivity index (χ3n) is 3.91. The van der Waals surface area contributed by atoms with Gasteiger partial charge < -0.3 is 11.1 Å². The Kier molecular flexibility index (Phi) is 6.56. The molecule has 0 aromatic heterocycles. The van der Waals surface area contributed by atoms with E-state index in [-0.39, 0.29) is 5.91 Å². The minimum absolute atomic E-state index is 0.276. The van der Waals surface area contributed by atoms with Crippen molar-refractivity contribution in [2.24, 2.45) is 5.73 Å². The van der Waals surface area contributed by atoms with Gasteiger partial charge in [-0.25, -0.2) is 0 Å². The first kappa shape index (κ1) is 17.1. The molecule has 3 nitrogen and oxygen atoms in total. The highest BCUT2D eigenvalue weighted by Crippen LogP contribution is 2.23. The quantitative estimate of drug-likeness (QED) is 0.572. The van der Waals surface area contributed by atoms with E-state index in [0.717, 1.165) is 25.0 Å². The fourth-order valence-electron chi connectivity index (χ4n) is 1.95. The minimum atomic E-state index is -0.578. The molecule has 0 aliphatic carbocycles. The lowest BCUT2D eigenvalue weighted by atomic mass is 9.94. The second kappa shape index (κ2) is 7.70. The predicted molar refractivity (Wildman–Crippen MR) is 87.2 cm³/mol. The number of hydrogen-bond acceptors (Lipinski definition) is 3. The van der Waals surface area contributed by atoms with E-state index in [1.165, 1.54) is 16.0 Å². The van der Waals surface area contributed by atoms with Crippen molar-refractivity contribution >= 4 is 17.7 Å². The normalized spacial score (nSPS) is 14.0. The van der Waals surface area contributed by atoms with E-state index in [0.29, 0.717) is 0 Å². The Bertz CT molecular complexity index is 462. The van der Waals surface area contributed by atoms with Crippen molar-refractivity contribution in [3.63, 3.8) is 0 Å². The molecule has 1 aromatic carbocycles. The molecule has 0 radical (unpaired) electrons. The number of carbonyl (C=O) groups excluding carboxylic acids is 1. The third-order valence-corrected chi connectivity index (χ3v) is 4.99. The minimum Gasteiger partial charge on any atom is -0.368 e.